The Hall–Kier alpha value is -1.85. The van der Waals surface area contributed by atoms with Crippen molar-refractivity contribution >= 4 is 0 Å². The molecule has 20 heavy (non-hydrogen) atoms. The topological polar surface area (TPSA) is 48.3 Å². The molecular formula is C15H19N3O2. The molecule has 106 valence electrons. The number of aromatic nitrogens is 2. The number of methoxy groups -OCH3 is 1. The molecule has 1 aliphatic heterocycles. The highest BCUT2D eigenvalue weighted by atomic mass is 16.5. The van der Waals surface area contributed by atoms with Crippen molar-refractivity contribution in [3.63, 3.8) is 0 Å². The lowest BCUT2D eigenvalue weighted by Gasteiger charge is -2.19. The fourth-order valence-electron chi connectivity index (χ4n) is 2.75. The molecule has 5 heteroatoms. The first-order valence-corrected chi connectivity index (χ1v) is 6.67. The van der Waals surface area contributed by atoms with Crippen LogP contribution in [-0.2, 0) is 25.0 Å². The average Bonchev–Trinajstić information content (AvgIpc) is 3.07. The summed E-state index contributed by atoms with van der Waals surface area (Å²) in [5.41, 5.74) is 4.76. The van der Waals surface area contributed by atoms with E-state index in [0.717, 1.165) is 18.1 Å². The van der Waals surface area contributed by atoms with Gasteiger partial charge >= 0.3 is 0 Å². The van der Waals surface area contributed by atoms with E-state index >= 15 is 0 Å². The average molecular weight is 273 g/mol. The van der Waals surface area contributed by atoms with Crippen LogP contribution in [-0.4, -0.2) is 23.9 Å². The molecule has 0 aliphatic carbocycles. The van der Waals surface area contributed by atoms with E-state index in [1.807, 2.05) is 18.8 Å². The number of aryl methyl sites for hydroxylation is 1. The van der Waals surface area contributed by atoms with Gasteiger partial charge in [0.25, 0.3) is 0 Å². The largest absolute Gasteiger partial charge is 0.493 e. The predicted octanol–water partition coefficient (Wildman–Crippen LogP) is 1.77. The zero-order valence-electron chi connectivity index (χ0n) is 12.0. The summed E-state index contributed by atoms with van der Waals surface area (Å²) in [6.45, 7) is 1.41. The maximum absolute atomic E-state index is 5.48. The van der Waals surface area contributed by atoms with Gasteiger partial charge in [-0.2, -0.15) is 5.10 Å². The van der Waals surface area contributed by atoms with Gasteiger partial charge in [-0.3, -0.25) is 4.68 Å². The third-order valence-corrected chi connectivity index (χ3v) is 3.81. The number of nitrogens with zero attached hydrogens (tertiary/aromatic N) is 2. The van der Waals surface area contributed by atoms with Crippen molar-refractivity contribution in [1.82, 2.24) is 15.1 Å². The lowest BCUT2D eigenvalue weighted by atomic mass is 9.98. The van der Waals surface area contributed by atoms with Gasteiger partial charge in [-0.05, 0) is 23.7 Å². The van der Waals surface area contributed by atoms with Crippen LogP contribution in [0.25, 0.3) is 0 Å². The van der Waals surface area contributed by atoms with Crippen LogP contribution in [0, 0.1) is 0 Å². The second kappa shape index (κ2) is 5.26. The smallest absolute Gasteiger partial charge is 0.161 e. The first kappa shape index (κ1) is 13.1. The Labute approximate surface area is 118 Å². The summed E-state index contributed by atoms with van der Waals surface area (Å²) in [5.74, 6) is 0.795. The molecule has 1 aromatic carbocycles. The zero-order valence-corrected chi connectivity index (χ0v) is 12.0. The van der Waals surface area contributed by atoms with Gasteiger partial charge < -0.3 is 14.8 Å². The number of fused-ring (bicyclic) bond motifs is 1. The third kappa shape index (κ3) is 2.09. The van der Waals surface area contributed by atoms with Gasteiger partial charge in [-0.15, -0.1) is 0 Å². The highest BCUT2D eigenvalue weighted by Gasteiger charge is 2.22. The Morgan fingerprint density at radius 2 is 2.15 bits per heavy atom. The molecule has 0 saturated carbocycles. The molecule has 2 heterocycles. The quantitative estimate of drug-likeness (QED) is 0.922. The zero-order chi connectivity index (χ0) is 14.1. The molecule has 3 rings (SSSR count). The highest BCUT2D eigenvalue weighted by molar-refractivity contribution is 5.40. The summed E-state index contributed by atoms with van der Waals surface area (Å²) in [6.07, 6.45) is 1.75. The summed E-state index contributed by atoms with van der Waals surface area (Å²) in [4.78, 5) is 0. The van der Waals surface area contributed by atoms with Gasteiger partial charge in [0.05, 0.1) is 32.6 Å². The van der Waals surface area contributed by atoms with Gasteiger partial charge in [0, 0.05) is 7.05 Å². The molecule has 1 aliphatic rings. The molecule has 0 saturated heterocycles. The fourth-order valence-corrected chi connectivity index (χ4v) is 2.75. The van der Waals surface area contributed by atoms with Gasteiger partial charge in [-0.1, -0.05) is 18.2 Å². The van der Waals surface area contributed by atoms with Crippen molar-refractivity contribution in [1.29, 1.82) is 0 Å². The lowest BCUT2D eigenvalue weighted by molar-refractivity contribution is 0.134. The Morgan fingerprint density at radius 1 is 1.35 bits per heavy atom. The minimum absolute atomic E-state index is 0.0448. The first-order chi connectivity index (χ1) is 9.74. The summed E-state index contributed by atoms with van der Waals surface area (Å²) < 4.78 is 12.7. The molecule has 1 unspecified atom stereocenters. The Balaban J connectivity index is 2.03. The van der Waals surface area contributed by atoms with Crippen LogP contribution in [0.4, 0.5) is 0 Å². The molecule has 2 aromatic rings. The van der Waals surface area contributed by atoms with Gasteiger partial charge in [0.2, 0.25) is 0 Å². The second-order valence-corrected chi connectivity index (χ2v) is 4.96. The van der Waals surface area contributed by atoms with Crippen molar-refractivity contribution in [2.24, 2.45) is 7.05 Å². The van der Waals surface area contributed by atoms with Crippen molar-refractivity contribution < 1.29 is 9.47 Å². The minimum Gasteiger partial charge on any atom is -0.493 e. The van der Waals surface area contributed by atoms with E-state index < -0.39 is 0 Å². The molecule has 0 spiro atoms. The van der Waals surface area contributed by atoms with E-state index in [9.17, 15) is 0 Å². The molecule has 0 bridgehead atoms. The molecular weight excluding hydrogens is 254 g/mol. The van der Waals surface area contributed by atoms with Crippen LogP contribution in [0.15, 0.2) is 24.4 Å². The molecule has 1 atom stereocenters. The maximum Gasteiger partial charge on any atom is 0.161 e. The van der Waals surface area contributed by atoms with E-state index in [-0.39, 0.29) is 6.04 Å². The number of nitrogens with one attached hydrogen (secondary N) is 1. The molecule has 5 nitrogen and oxygen atoms in total. The monoisotopic (exact) mass is 273 g/mol. The number of hydrogen-bond acceptors (Lipinski definition) is 4. The van der Waals surface area contributed by atoms with E-state index in [1.54, 1.807) is 13.3 Å². The first-order valence-electron chi connectivity index (χ1n) is 6.67. The van der Waals surface area contributed by atoms with Crippen molar-refractivity contribution in [3.05, 3.63) is 46.8 Å². The number of ether oxygens (including phenoxy) is 2. The predicted molar refractivity (Wildman–Crippen MR) is 75.6 cm³/mol. The van der Waals surface area contributed by atoms with E-state index in [4.69, 9.17) is 9.47 Å². The Morgan fingerprint density at radius 3 is 2.90 bits per heavy atom. The summed E-state index contributed by atoms with van der Waals surface area (Å²) in [7, 11) is 5.54. The third-order valence-electron chi connectivity index (χ3n) is 3.81. The van der Waals surface area contributed by atoms with E-state index in [1.165, 1.54) is 16.7 Å². The molecule has 0 fully saturated rings. The Kier molecular flexibility index (Phi) is 3.46. The summed E-state index contributed by atoms with van der Waals surface area (Å²) in [6, 6.07) is 6.53. The summed E-state index contributed by atoms with van der Waals surface area (Å²) in [5, 5.41) is 7.63. The molecule has 1 N–H and O–H groups in total. The van der Waals surface area contributed by atoms with Crippen molar-refractivity contribution in [3.8, 4) is 5.75 Å². The van der Waals surface area contributed by atoms with Crippen LogP contribution in [0.2, 0.25) is 0 Å². The number of benzene rings is 1. The molecule has 0 radical (unpaired) electrons. The van der Waals surface area contributed by atoms with Crippen LogP contribution in [0.3, 0.4) is 0 Å². The van der Waals surface area contributed by atoms with Crippen LogP contribution < -0.4 is 10.1 Å². The molecule has 0 amide bonds. The van der Waals surface area contributed by atoms with Crippen LogP contribution in [0.1, 0.15) is 28.4 Å². The van der Waals surface area contributed by atoms with E-state index in [2.05, 4.69) is 28.6 Å². The molecule has 1 aromatic heterocycles. The summed E-state index contributed by atoms with van der Waals surface area (Å²) >= 11 is 0. The van der Waals surface area contributed by atoms with Gasteiger partial charge in [-0.25, -0.2) is 0 Å². The number of hydrogen-bond donors (Lipinski definition) is 1. The van der Waals surface area contributed by atoms with Gasteiger partial charge in [0.15, 0.2) is 5.75 Å². The normalized spacial score (nSPS) is 15.2. The van der Waals surface area contributed by atoms with Crippen molar-refractivity contribution in [2.75, 3.05) is 14.2 Å². The van der Waals surface area contributed by atoms with Crippen LogP contribution in [0.5, 0.6) is 5.75 Å². The van der Waals surface area contributed by atoms with Crippen LogP contribution >= 0.6 is 0 Å². The minimum atomic E-state index is 0.0448. The van der Waals surface area contributed by atoms with Gasteiger partial charge in [0.1, 0.15) is 5.69 Å². The van der Waals surface area contributed by atoms with Crippen molar-refractivity contribution in [2.45, 2.75) is 19.3 Å². The standard InChI is InChI=1S/C15H19N3O2/c1-16-14(15-13(19-3)7-17-18(15)2)10-4-5-11-8-20-9-12(11)6-10/h4-7,14,16H,8-9H2,1-3H3. The fraction of sp³-hybridized carbons (Fsp3) is 0.400. The highest BCUT2D eigenvalue weighted by Crippen LogP contribution is 2.31. The lowest BCUT2D eigenvalue weighted by Crippen LogP contribution is -2.21. The SMILES string of the molecule is CNC(c1ccc2c(c1)COC2)c1c(OC)cnn1C. The van der Waals surface area contributed by atoms with E-state index in [0.29, 0.717) is 6.61 Å². The maximum atomic E-state index is 5.48. The number of rotatable bonds is 4. The Bertz CT molecular complexity index is 622. The second-order valence-electron chi connectivity index (χ2n) is 4.96.